The number of hydrogen-bond donors (Lipinski definition) is 1. The molecule has 1 saturated carbocycles. The minimum absolute atomic E-state index is 0.0641. The molecule has 7 nitrogen and oxygen atoms in total. The van der Waals surface area contributed by atoms with Crippen molar-refractivity contribution in [2.24, 2.45) is 5.92 Å². The van der Waals surface area contributed by atoms with Gasteiger partial charge in [0.1, 0.15) is 5.76 Å². The predicted molar refractivity (Wildman–Crippen MR) is 98.7 cm³/mol. The zero-order valence-electron chi connectivity index (χ0n) is 15.8. The number of carbonyl (C=O) groups is 2. The summed E-state index contributed by atoms with van der Waals surface area (Å²) in [6.45, 7) is 2.99. The highest BCUT2D eigenvalue weighted by atomic mass is 16.5. The average Bonchev–Trinajstić information content (AvgIpc) is 3.42. The molecule has 1 fully saturated rings. The topological polar surface area (TPSA) is 88.6 Å². The summed E-state index contributed by atoms with van der Waals surface area (Å²) in [5.41, 5.74) is 0.225. The van der Waals surface area contributed by atoms with Crippen LogP contribution in [0, 0.1) is 5.92 Å². The molecule has 146 valence electrons. The highest BCUT2D eigenvalue weighted by molar-refractivity contribution is 5.92. The number of carbonyl (C=O) groups excluding carboxylic acids is 2. The number of nitrogens with zero attached hydrogens (tertiary/aromatic N) is 2. The van der Waals surface area contributed by atoms with Gasteiger partial charge in [-0.2, -0.15) is 0 Å². The number of hydrogen-bond acceptors (Lipinski definition) is 5. The Hall–Kier alpha value is -2.57. The van der Waals surface area contributed by atoms with Crippen molar-refractivity contribution in [3.05, 3.63) is 41.7 Å². The Kier molecular flexibility index (Phi) is 6.68. The minimum atomic E-state index is -0.280. The zero-order valence-corrected chi connectivity index (χ0v) is 15.8. The van der Waals surface area contributed by atoms with Crippen LogP contribution in [0.25, 0.3) is 0 Å². The van der Waals surface area contributed by atoms with Crippen LogP contribution in [0.2, 0.25) is 0 Å². The smallest absolute Gasteiger partial charge is 0.273 e. The number of aromatic nitrogens is 1. The van der Waals surface area contributed by atoms with Crippen molar-refractivity contribution >= 4 is 11.8 Å². The maximum Gasteiger partial charge on any atom is 0.273 e. The lowest BCUT2D eigenvalue weighted by molar-refractivity contribution is -0.133. The Labute approximate surface area is 159 Å². The lowest BCUT2D eigenvalue weighted by Crippen LogP contribution is -2.30. The molecule has 0 bridgehead atoms. The lowest BCUT2D eigenvalue weighted by Gasteiger charge is -2.21. The first-order chi connectivity index (χ1) is 13.2. The molecule has 2 heterocycles. The number of furan rings is 1. The fourth-order valence-corrected chi connectivity index (χ4v) is 3.54. The van der Waals surface area contributed by atoms with Gasteiger partial charge in [-0.3, -0.25) is 9.59 Å². The molecule has 0 atom stereocenters. The molecule has 7 heteroatoms. The van der Waals surface area contributed by atoms with E-state index in [1.807, 2.05) is 13.0 Å². The Morgan fingerprint density at radius 1 is 1.26 bits per heavy atom. The second kappa shape index (κ2) is 9.39. The van der Waals surface area contributed by atoms with Crippen molar-refractivity contribution in [2.45, 2.75) is 58.5 Å². The predicted octanol–water partition coefficient (Wildman–Crippen LogP) is 3.52. The van der Waals surface area contributed by atoms with E-state index >= 15 is 0 Å². The van der Waals surface area contributed by atoms with E-state index in [1.165, 1.54) is 25.7 Å². The van der Waals surface area contributed by atoms with Gasteiger partial charge < -0.3 is 19.2 Å². The number of rotatable bonds is 9. The largest absolute Gasteiger partial charge is 0.467 e. The molecule has 0 spiro atoms. The van der Waals surface area contributed by atoms with Gasteiger partial charge in [-0.15, -0.1) is 0 Å². The zero-order chi connectivity index (χ0) is 19.1. The van der Waals surface area contributed by atoms with Crippen LogP contribution >= 0.6 is 0 Å². The summed E-state index contributed by atoms with van der Waals surface area (Å²) in [4.78, 5) is 26.4. The van der Waals surface area contributed by atoms with E-state index in [9.17, 15) is 9.59 Å². The average molecular weight is 373 g/mol. The summed E-state index contributed by atoms with van der Waals surface area (Å²) in [7, 11) is 0. The second-order valence-electron chi connectivity index (χ2n) is 7.06. The number of amides is 2. The van der Waals surface area contributed by atoms with Crippen LogP contribution in [-0.4, -0.2) is 28.4 Å². The fraction of sp³-hybridized carbons (Fsp3) is 0.550. The maximum absolute atomic E-state index is 12.8. The van der Waals surface area contributed by atoms with Gasteiger partial charge in [-0.1, -0.05) is 30.8 Å². The van der Waals surface area contributed by atoms with E-state index < -0.39 is 0 Å². The van der Waals surface area contributed by atoms with E-state index in [0.717, 1.165) is 6.42 Å². The highest BCUT2D eigenvalue weighted by Gasteiger charge is 2.22. The standard InChI is InChI=1S/C20H27N3O4/c1-2-21-20(25)18-12-17(27-22-18)14-23(13-16-8-5-11-26-16)19(24)10-9-15-6-3-4-7-15/h5,8,11-12,15H,2-4,6-7,9-10,13-14H2,1H3,(H,21,25). The molecule has 1 aliphatic carbocycles. The SMILES string of the molecule is CCNC(=O)c1cc(CN(Cc2ccco2)C(=O)CCC2CCCC2)on1. The van der Waals surface area contributed by atoms with Gasteiger partial charge in [0.25, 0.3) is 5.91 Å². The van der Waals surface area contributed by atoms with Crippen molar-refractivity contribution < 1.29 is 18.5 Å². The van der Waals surface area contributed by atoms with Crippen LogP contribution in [0.5, 0.6) is 0 Å². The Balaban J connectivity index is 1.63. The second-order valence-corrected chi connectivity index (χ2v) is 7.06. The van der Waals surface area contributed by atoms with Crippen LogP contribution in [0.3, 0.4) is 0 Å². The lowest BCUT2D eigenvalue weighted by atomic mass is 10.0. The third kappa shape index (κ3) is 5.45. The highest BCUT2D eigenvalue weighted by Crippen LogP contribution is 2.29. The molecule has 0 unspecified atom stereocenters. The molecule has 1 N–H and O–H groups in total. The molecule has 0 aliphatic heterocycles. The molecule has 0 saturated heterocycles. The first-order valence-electron chi connectivity index (χ1n) is 9.69. The normalized spacial score (nSPS) is 14.4. The molecular weight excluding hydrogens is 346 g/mol. The van der Waals surface area contributed by atoms with E-state index in [2.05, 4.69) is 10.5 Å². The Bertz CT molecular complexity index is 732. The first kappa shape index (κ1) is 19.2. The molecule has 0 radical (unpaired) electrons. The van der Waals surface area contributed by atoms with E-state index in [4.69, 9.17) is 8.94 Å². The number of nitrogens with one attached hydrogen (secondary N) is 1. The van der Waals surface area contributed by atoms with Crippen LogP contribution in [0.4, 0.5) is 0 Å². The van der Waals surface area contributed by atoms with Gasteiger partial charge in [-0.05, 0) is 31.4 Å². The summed E-state index contributed by atoms with van der Waals surface area (Å²) in [6.07, 6.45) is 8.03. The summed E-state index contributed by atoms with van der Waals surface area (Å²) in [6, 6.07) is 5.24. The first-order valence-corrected chi connectivity index (χ1v) is 9.69. The molecule has 1 aliphatic rings. The summed E-state index contributed by atoms with van der Waals surface area (Å²) in [5, 5.41) is 6.49. The fourth-order valence-electron chi connectivity index (χ4n) is 3.54. The molecule has 2 aromatic heterocycles. The van der Waals surface area contributed by atoms with Crippen LogP contribution < -0.4 is 5.32 Å². The summed E-state index contributed by atoms with van der Waals surface area (Å²) in [5.74, 6) is 1.64. The molecule has 0 aromatic carbocycles. The maximum atomic E-state index is 12.8. The van der Waals surface area contributed by atoms with Crippen LogP contribution in [-0.2, 0) is 17.9 Å². The molecular formula is C20H27N3O4. The molecule has 2 amide bonds. The Morgan fingerprint density at radius 2 is 2.04 bits per heavy atom. The quantitative estimate of drug-likeness (QED) is 0.726. The van der Waals surface area contributed by atoms with Crippen molar-refractivity contribution in [3.63, 3.8) is 0 Å². The van der Waals surface area contributed by atoms with Crippen molar-refractivity contribution in [3.8, 4) is 0 Å². The van der Waals surface area contributed by atoms with E-state index in [-0.39, 0.29) is 24.1 Å². The minimum Gasteiger partial charge on any atom is -0.467 e. The van der Waals surface area contributed by atoms with Gasteiger partial charge >= 0.3 is 0 Å². The third-order valence-corrected chi connectivity index (χ3v) is 5.00. The van der Waals surface area contributed by atoms with Crippen LogP contribution in [0.15, 0.2) is 33.4 Å². The molecule has 27 heavy (non-hydrogen) atoms. The van der Waals surface area contributed by atoms with Gasteiger partial charge in [0.15, 0.2) is 11.5 Å². The van der Waals surface area contributed by atoms with Gasteiger partial charge in [0.2, 0.25) is 5.91 Å². The summed E-state index contributed by atoms with van der Waals surface area (Å²) < 4.78 is 10.7. The van der Waals surface area contributed by atoms with Crippen LogP contribution in [0.1, 0.15) is 67.5 Å². The monoisotopic (exact) mass is 373 g/mol. The van der Waals surface area contributed by atoms with Gasteiger partial charge in [0, 0.05) is 19.0 Å². The van der Waals surface area contributed by atoms with Gasteiger partial charge in [-0.25, -0.2) is 0 Å². The van der Waals surface area contributed by atoms with Crippen molar-refractivity contribution in [1.82, 2.24) is 15.4 Å². The van der Waals surface area contributed by atoms with Crippen molar-refractivity contribution in [1.29, 1.82) is 0 Å². The third-order valence-electron chi connectivity index (χ3n) is 5.00. The van der Waals surface area contributed by atoms with E-state index in [1.54, 1.807) is 23.3 Å². The Morgan fingerprint density at radius 3 is 2.74 bits per heavy atom. The van der Waals surface area contributed by atoms with Gasteiger partial charge in [0.05, 0.1) is 19.4 Å². The van der Waals surface area contributed by atoms with Crippen molar-refractivity contribution in [2.75, 3.05) is 6.54 Å². The van der Waals surface area contributed by atoms with E-state index in [0.29, 0.717) is 36.9 Å². The summed E-state index contributed by atoms with van der Waals surface area (Å²) >= 11 is 0. The molecule has 3 rings (SSSR count). The molecule has 2 aromatic rings.